The maximum Gasteiger partial charge on any atom is 0.119 e. The Balaban J connectivity index is 2.08. The Morgan fingerprint density at radius 2 is 1.89 bits per heavy atom. The minimum absolute atomic E-state index is 0.556. The van der Waals surface area contributed by atoms with Crippen molar-refractivity contribution in [3.8, 4) is 17.0 Å². The minimum atomic E-state index is 0.556. The molecule has 0 aliphatic rings. The minimum Gasteiger partial charge on any atom is -0.491 e. The van der Waals surface area contributed by atoms with Crippen molar-refractivity contribution in [2.75, 3.05) is 20.3 Å². The van der Waals surface area contributed by atoms with E-state index < -0.39 is 0 Å². The van der Waals surface area contributed by atoms with Gasteiger partial charge in [0.15, 0.2) is 0 Å². The molecule has 19 heavy (non-hydrogen) atoms. The molecule has 1 aromatic carbocycles. The molecular formula is C15H20N2O2. The SMILES string of the molecule is COCCOc1ccc(-c2cc(CN)c(C)[nH]2)cc1. The predicted molar refractivity (Wildman–Crippen MR) is 76.2 cm³/mol. The van der Waals surface area contributed by atoms with E-state index in [4.69, 9.17) is 15.2 Å². The van der Waals surface area contributed by atoms with Gasteiger partial charge >= 0.3 is 0 Å². The summed E-state index contributed by atoms with van der Waals surface area (Å²) in [5.74, 6) is 0.850. The van der Waals surface area contributed by atoms with Gasteiger partial charge in [-0.1, -0.05) is 0 Å². The molecule has 102 valence electrons. The number of rotatable bonds is 6. The lowest BCUT2D eigenvalue weighted by atomic mass is 10.1. The van der Waals surface area contributed by atoms with Gasteiger partial charge in [-0.25, -0.2) is 0 Å². The molecule has 2 rings (SSSR count). The Kier molecular flexibility index (Phi) is 4.60. The molecule has 4 heteroatoms. The third kappa shape index (κ3) is 3.36. The van der Waals surface area contributed by atoms with Gasteiger partial charge in [0.05, 0.1) is 6.61 Å². The van der Waals surface area contributed by atoms with Crippen LogP contribution in [0.25, 0.3) is 11.3 Å². The van der Waals surface area contributed by atoms with E-state index in [2.05, 4.69) is 11.1 Å². The van der Waals surface area contributed by atoms with E-state index >= 15 is 0 Å². The van der Waals surface area contributed by atoms with Crippen LogP contribution in [0, 0.1) is 6.92 Å². The maximum atomic E-state index is 5.68. The molecule has 0 fully saturated rings. The number of aromatic nitrogens is 1. The molecule has 0 unspecified atom stereocenters. The van der Waals surface area contributed by atoms with Crippen LogP contribution in [0.2, 0.25) is 0 Å². The second-order valence-corrected chi connectivity index (χ2v) is 4.40. The Bertz CT molecular complexity index is 517. The van der Waals surface area contributed by atoms with E-state index in [9.17, 15) is 0 Å². The third-order valence-corrected chi connectivity index (χ3v) is 3.06. The van der Waals surface area contributed by atoms with Gasteiger partial charge in [0.25, 0.3) is 0 Å². The van der Waals surface area contributed by atoms with Crippen LogP contribution in [0.5, 0.6) is 5.75 Å². The summed E-state index contributed by atoms with van der Waals surface area (Å²) in [6, 6.07) is 10.1. The molecule has 0 radical (unpaired) electrons. The normalized spacial score (nSPS) is 10.7. The molecule has 0 aliphatic carbocycles. The molecule has 0 amide bonds. The molecule has 0 saturated heterocycles. The molecule has 1 aromatic heterocycles. The second kappa shape index (κ2) is 6.41. The number of nitrogens with one attached hydrogen (secondary N) is 1. The fraction of sp³-hybridized carbons (Fsp3) is 0.333. The average Bonchev–Trinajstić information content (AvgIpc) is 2.81. The molecule has 2 aromatic rings. The topological polar surface area (TPSA) is 60.3 Å². The number of H-pyrrole nitrogens is 1. The van der Waals surface area contributed by atoms with Crippen molar-refractivity contribution in [1.82, 2.24) is 4.98 Å². The van der Waals surface area contributed by atoms with Crippen LogP contribution >= 0.6 is 0 Å². The third-order valence-electron chi connectivity index (χ3n) is 3.06. The van der Waals surface area contributed by atoms with Crippen molar-refractivity contribution in [3.63, 3.8) is 0 Å². The van der Waals surface area contributed by atoms with Crippen LogP contribution in [-0.4, -0.2) is 25.3 Å². The Morgan fingerprint density at radius 3 is 2.47 bits per heavy atom. The summed E-state index contributed by atoms with van der Waals surface area (Å²) in [5.41, 5.74) is 10.2. The molecule has 1 heterocycles. The van der Waals surface area contributed by atoms with Crippen LogP contribution in [0.3, 0.4) is 0 Å². The lowest BCUT2D eigenvalue weighted by Gasteiger charge is -2.06. The van der Waals surface area contributed by atoms with E-state index in [-0.39, 0.29) is 0 Å². The first kappa shape index (κ1) is 13.6. The number of aromatic amines is 1. The summed E-state index contributed by atoms with van der Waals surface area (Å²) in [6.07, 6.45) is 0. The average molecular weight is 260 g/mol. The first-order valence-corrected chi connectivity index (χ1v) is 6.35. The molecule has 0 saturated carbocycles. The Labute approximate surface area is 113 Å². The van der Waals surface area contributed by atoms with Crippen LogP contribution < -0.4 is 10.5 Å². The van der Waals surface area contributed by atoms with Gasteiger partial charge in [0.1, 0.15) is 12.4 Å². The van der Waals surface area contributed by atoms with E-state index in [0.717, 1.165) is 28.3 Å². The highest BCUT2D eigenvalue weighted by molar-refractivity contribution is 5.62. The Hall–Kier alpha value is -1.78. The fourth-order valence-corrected chi connectivity index (χ4v) is 1.94. The van der Waals surface area contributed by atoms with E-state index in [1.54, 1.807) is 7.11 Å². The standard InChI is InChI=1S/C15H20N2O2/c1-11-13(10-16)9-15(17-11)12-3-5-14(6-4-12)19-8-7-18-2/h3-6,9,17H,7-8,10,16H2,1-2H3. The summed E-state index contributed by atoms with van der Waals surface area (Å²) < 4.78 is 10.5. The van der Waals surface area contributed by atoms with E-state index in [0.29, 0.717) is 19.8 Å². The fourth-order valence-electron chi connectivity index (χ4n) is 1.94. The largest absolute Gasteiger partial charge is 0.491 e. The molecule has 0 aliphatic heterocycles. The zero-order chi connectivity index (χ0) is 13.7. The van der Waals surface area contributed by atoms with E-state index in [1.807, 2.05) is 31.2 Å². The van der Waals surface area contributed by atoms with Gasteiger partial charge in [0, 0.05) is 25.0 Å². The number of ether oxygens (including phenoxy) is 2. The van der Waals surface area contributed by atoms with Gasteiger partial charge < -0.3 is 20.2 Å². The summed E-state index contributed by atoms with van der Waals surface area (Å²) in [6.45, 7) is 3.75. The van der Waals surface area contributed by atoms with E-state index in [1.165, 1.54) is 0 Å². The molecular weight excluding hydrogens is 240 g/mol. The highest BCUT2D eigenvalue weighted by Crippen LogP contribution is 2.23. The lowest BCUT2D eigenvalue weighted by Crippen LogP contribution is -2.03. The quantitative estimate of drug-likeness (QED) is 0.784. The molecule has 0 spiro atoms. The lowest BCUT2D eigenvalue weighted by molar-refractivity contribution is 0.146. The number of benzene rings is 1. The predicted octanol–water partition coefficient (Wildman–Crippen LogP) is 2.47. The monoisotopic (exact) mass is 260 g/mol. The number of methoxy groups -OCH3 is 1. The van der Waals surface area contributed by atoms with Crippen molar-refractivity contribution in [1.29, 1.82) is 0 Å². The summed E-state index contributed by atoms with van der Waals surface area (Å²) >= 11 is 0. The van der Waals surface area contributed by atoms with Crippen molar-refractivity contribution < 1.29 is 9.47 Å². The molecule has 4 nitrogen and oxygen atoms in total. The summed E-state index contributed by atoms with van der Waals surface area (Å²) in [7, 11) is 1.66. The van der Waals surface area contributed by atoms with Gasteiger partial charge in [0.2, 0.25) is 0 Å². The molecule has 3 N–H and O–H groups in total. The van der Waals surface area contributed by atoms with Gasteiger partial charge in [-0.05, 0) is 48.4 Å². The highest BCUT2D eigenvalue weighted by Gasteiger charge is 2.05. The van der Waals surface area contributed by atoms with Gasteiger partial charge in [-0.15, -0.1) is 0 Å². The second-order valence-electron chi connectivity index (χ2n) is 4.40. The number of hydrogen-bond donors (Lipinski definition) is 2. The highest BCUT2D eigenvalue weighted by atomic mass is 16.5. The Morgan fingerprint density at radius 1 is 1.16 bits per heavy atom. The van der Waals surface area contributed by atoms with Crippen molar-refractivity contribution in [2.45, 2.75) is 13.5 Å². The van der Waals surface area contributed by atoms with Crippen LogP contribution in [0.15, 0.2) is 30.3 Å². The van der Waals surface area contributed by atoms with Crippen LogP contribution in [0.1, 0.15) is 11.3 Å². The molecule has 0 atom stereocenters. The zero-order valence-corrected chi connectivity index (χ0v) is 11.4. The van der Waals surface area contributed by atoms with Crippen LogP contribution in [0.4, 0.5) is 0 Å². The van der Waals surface area contributed by atoms with Crippen LogP contribution in [-0.2, 0) is 11.3 Å². The first-order chi connectivity index (χ1) is 9.24. The smallest absolute Gasteiger partial charge is 0.119 e. The summed E-state index contributed by atoms with van der Waals surface area (Å²) in [5, 5.41) is 0. The van der Waals surface area contributed by atoms with Crippen molar-refractivity contribution in [3.05, 3.63) is 41.6 Å². The van der Waals surface area contributed by atoms with Crippen molar-refractivity contribution >= 4 is 0 Å². The van der Waals surface area contributed by atoms with Gasteiger partial charge in [-0.2, -0.15) is 0 Å². The maximum absolute atomic E-state index is 5.68. The first-order valence-electron chi connectivity index (χ1n) is 6.35. The molecule has 0 bridgehead atoms. The number of hydrogen-bond acceptors (Lipinski definition) is 3. The van der Waals surface area contributed by atoms with Gasteiger partial charge in [-0.3, -0.25) is 0 Å². The summed E-state index contributed by atoms with van der Waals surface area (Å²) in [4.78, 5) is 3.34. The zero-order valence-electron chi connectivity index (χ0n) is 11.4. The number of aryl methyl sites for hydroxylation is 1. The van der Waals surface area contributed by atoms with Crippen molar-refractivity contribution in [2.24, 2.45) is 5.73 Å². The number of nitrogens with two attached hydrogens (primary N) is 1.